The summed E-state index contributed by atoms with van der Waals surface area (Å²) in [6, 6.07) is 5.19. The number of hydrogen-bond acceptors (Lipinski definition) is 6. The zero-order valence-electron chi connectivity index (χ0n) is 15.8. The molecule has 0 atom stereocenters. The van der Waals surface area contributed by atoms with Gasteiger partial charge < -0.3 is 24.2 Å². The molecule has 0 radical (unpaired) electrons. The highest BCUT2D eigenvalue weighted by Gasteiger charge is 2.19. The number of aromatic nitrogens is 1. The summed E-state index contributed by atoms with van der Waals surface area (Å²) in [5.41, 5.74) is 1.97. The third-order valence-corrected chi connectivity index (χ3v) is 4.72. The second-order valence-electron chi connectivity index (χ2n) is 6.33. The Bertz CT molecular complexity index is 848. The summed E-state index contributed by atoms with van der Waals surface area (Å²) >= 11 is 5.93. The predicted octanol–water partition coefficient (Wildman–Crippen LogP) is 2.83. The van der Waals surface area contributed by atoms with Crippen molar-refractivity contribution in [2.24, 2.45) is 0 Å². The molecule has 0 unspecified atom stereocenters. The van der Waals surface area contributed by atoms with Crippen molar-refractivity contribution in [2.75, 3.05) is 31.6 Å². The lowest BCUT2D eigenvalue weighted by Gasteiger charge is -2.21. The highest BCUT2D eigenvalue weighted by Crippen LogP contribution is 2.32. The van der Waals surface area contributed by atoms with E-state index in [9.17, 15) is 9.59 Å². The fourth-order valence-electron chi connectivity index (χ4n) is 2.90. The molecule has 28 heavy (non-hydrogen) atoms. The summed E-state index contributed by atoms with van der Waals surface area (Å²) in [6.45, 7) is 4.95. The van der Waals surface area contributed by atoms with Gasteiger partial charge in [-0.3, -0.25) is 9.59 Å². The second-order valence-corrected chi connectivity index (χ2v) is 6.68. The molecule has 1 N–H and O–H groups in total. The van der Waals surface area contributed by atoms with Crippen LogP contribution in [0.1, 0.15) is 24.6 Å². The minimum Gasteiger partial charge on any atom is -0.486 e. The summed E-state index contributed by atoms with van der Waals surface area (Å²) in [4.78, 5) is 26.3. The number of halogens is 1. The van der Waals surface area contributed by atoms with Gasteiger partial charge in [0.2, 0.25) is 17.0 Å². The summed E-state index contributed by atoms with van der Waals surface area (Å²) < 4.78 is 15.9. The van der Waals surface area contributed by atoms with Crippen LogP contribution < -0.4 is 14.8 Å². The van der Waals surface area contributed by atoms with Crippen molar-refractivity contribution in [1.29, 1.82) is 0 Å². The molecule has 2 aromatic rings. The number of likely N-dealkylation sites (N-methyl/N-ethyl adjacent to an activating group) is 1. The molecule has 0 saturated carbocycles. The molecule has 0 bridgehead atoms. The molecule has 2 amide bonds. The molecule has 1 aliphatic rings. The Morgan fingerprint density at radius 1 is 1.25 bits per heavy atom. The maximum Gasteiger partial charge on any atom is 0.243 e. The summed E-state index contributed by atoms with van der Waals surface area (Å²) in [5.74, 6) is 0.813. The Balaban J connectivity index is 1.54. The number of benzene rings is 1. The van der Waals surface area contributed by atoms with Gasteiger partial charge in [-0.25, -0.2) is 0 Å². The number of amides is 2. The van der Waals surface area contributed by atoms with Crippen molar-refractivity contribution in [3.05, 3.63) is 34.7 Å². The SMILES string of the molecule is CCN(CC(=O)Nc1ccc2c(c1)OCCO2)C(=O)CCc1c(C)noc1Cl. The maximum atomic E-state index is 12.5. The molecule has 0 spiro atoms. The molecule has 9 heteroatoms. The van der Waals surface area contributed by atoms with E-state index in [1.807, 2.05) is 6.92 Å². The Morgan fingerprint density at radius 2 is 2.00 bits per heavy atom. The van der Waals surface area contributed by atoms with Gasteiger partial charge >= 0.3 is 0 Å². The van der Waals surface area contributed by atoms with Crippen LogP contribution in [-0.4, -0.2) is 48.2 Å². The van der Waals surface area contributed by atoms with Crippen LogP contribution in [0.15, 0.2) is 22.7 Å². The number of carbonyl (C=O) groups is 2. The number of rotatable bonds is 7. The van der Waals surface area contributed by atoms with E-state index in [-0.39, 0.29) is 30.0 Å². The third kappa shape index (κ3) is 4.75. The Kier molecular flexibility index (Phi) is 6.41. The summed E-state index contributed by atoms with van der Waals surface area (Å²) in [5, 5.41) is 6.75. The van der Waals surface area contributed by atoms with E-state index in [4.69, 9.17) is 25.6 Å². The van der Waals surface area contributed by atoms with Crippen LogP contribution in [0, 0.1) is 6.92 Å². The number of aryl methyl sites for hydroxylation is 1. The van der Waals surface area contributed by atoms with E-state index in [1.54, 1.807) is 25.1 Å². The van der Waals surface area contributed by atoms with Crippen molar-refractivity contribution >= 4 is 29.1 Å². The monoisotopic (exact) mass is 407 g/mol. The van der Waals surface area contributed by atoms with Gasteiger partial charge in [0.15, 0.2) is 11.5 Å². The number of anilines is 1. The van der Waals surface area contributed by atoms with Gasteiger partial charge in [0.1, 0.15) is 13.2 Å². The molecule has 0 saturated heterocycles. The molecule has 150 valence electrons. The first-order valence-corrected chi connectivity index (χ1v) is 9.43. The number of nitrogens with one attached hydrogen (secondary N) is 1. The molecule has 8 nitrogen and oxygen atoms in total. The van der Waals surface area contributed by atoms with Crippen LogP contribution in [0.25, 0.3) is 0 Å². The van der Waals surface area contributed by atoms with Crippen molar-refractivity contribution in [3.8, 4) is 11.5 Å². The van der Waals surface area contributed by atoms with Crippen LogP contribution in [-0.2, 0) is 16.0 Å². The number of hydrogen-bond donors (Lipinski definition) is 1. The highest BCUT2D eigenvalue weighted by atomic mass is 35.5. The number of fused-ring (bicyclic) bond motifs is 1. The van der Waals surface area contributed by atoms with Crippen molar-refractivity contribution in [3.63, 3.8) is 0 Å². The third-order valence-electron chi connectivity index (χ3n) is 4.42. The lowest BCUT2D eigenvalue weighted by molar-refractivity contribution is -0.134. The van der Waals surface area contributed by atoms with E-state index in [0.29, 0.717) is 54.6 Å². The van der Waals surface area contributed by atoms with Crippen LogP contribution in [0.3, 0.4) is 0 Å². The molecule has 0 aliphatic carbocycles. The lowest BCUT2D eigenvalue weighted by atomic mass is 10.1. The fourth-order valence-corrected chi connectivity index (χ4v) is 3.17. The van der Waals surface area contributed by atoms with Gasteiger partial charge in [0, 0.05) is 30.3 Å². The number of carbonyl (C=O) groups excluding carboxylic acids is 2. The molecule has 1 aliphatic heterocycles. The first-order chi connectivity index (χ1) is 13.5. The van der Waals surface area contributed by atoms with Crippen LogP contribution in [0.4, 0.5) is 5.69 Å². The molecule has 1 aromatic carbocycles. The van der Waals surface area contributed by atoms with E-state index >= 15 is 0 Å². The van der Waals surface area contributed by atoms with E-state index < -0.39 is 0 Å². The number of ether oxygens (including phenoxy) is 2. The smallest absolute Gasteiger partial charge is 0.243 e. The summed E-state index contributed by atoms with van der Waals surface area (Å²) in [6.07, 6.45) is 0.625. The normalized spacial score (nSPS) is 12.5. The van der Waals surface area contributed by atoms with Crippen LogP contribution >= 0.6 is 11.6 Å². The minimum absolute atomic E-state index is 0.0415. The van der Waals surface area contributed by atoms with Gasteiger partial charge in [-0.15, -0.1) is 0 Å². The largest absolute Gasteiger partial charge is 0.486 e. The van der Waals surface area contributed by atoms with Crippen molar-refractivity contribution in [2.45, 2.75) is 26.7 Å². The molecule has 2 heterocycles. The fraction of sp³-hybridized carbons (Fsp3) is 0.421. The van der Waals surface area contributed by atoms with E-state index in [0.717, 1.165) is 0 Å². The quantitative estimate of drug-likeness (QED) is 0.758. The molecule has 0 fully saturated rings. The molecule has 3 rings (SSSR count). The van der Waals surface area contributed by atoms with E-state index in [1.165, 1.54) is 4.90 Å². The second kappa shape index (κ2) is 8.97. The number of nitrogens with zero attached hydrogens (tertiary/aromatic N) is 2. The Labute approximate surface area is 167 Å². The van der Waals surface area contributed by atoms with Crippen LogP contribution in [0.5, 0.6) is 11.5 Å². The highest BCUT2D eigenvalue weighted by molar-refractivity contribution is 6.29. The van der Waals surface area contributed by atoms with Crippen molar-refractivity contribution in [1.82, 2.24) is 10.1 Å². The first-order valence-electron chi connectivity index (χ1n) is 9.05. The van der Waals surface area contributed by atoms with Gasteiger partial charge in [-0.1, -0.05) is 5.16 Å². The van der Waals surface area contributed by atoms with Gasteiger partial charge in [0.25, 0.3) is 0 Å². The summed E-state index contributed by atoms with van der Waals surface area (Å²) in [7, 11) is 0. The average Bonchev–Trinajstić information content (AvgIpc) is 3.01. The topological polar surface area (TPSA) is 93.9 Å². The average molecular weight is 408 g/mol. The van der Waals surface area contributed by atoms with Crippen LogP contribution in [0.2, 0.25) is 5.22 Å². The van der Waals surface area contributed by atoms with Gasteiger partial charge in [-0.05, 0) is 44.0 Å². The Morgan fingerprint density at radius 3 is 2.68 bits per heavy atom. The standard InChI is InChI=1S/C19H22ClN3O5/c1-3-23(18(25)7-5-14-12(2)22-28-19(14)20)11-17(24)21-13-4-6-15-16(10-13)27-9-8-26-15/h4,6,10H,3,5,7-9,11H2,1-2H3,(H,21,24). The van der Waals surface area contributed by atoms with E-state index in [2.05, 4.69) is 10.5 Å². The maximum absolute atomic E-state index is 12.5. The zero-order valence-corrected chi connectivity index (χ0v) is 16.5. The predicted molar refractivity (Wildman–Crippen MR) is 103 cm³/mol. The Hall–Kier alpha value is -2.74. The van der Waals surface area contributed by atoms with Gasteiger partial charge in [0.05, 0.1) is 12.2 Å². The molecular weight excluding hydrogens is 386 g/mol. The lowest BCUT2D eigenvalue weighted by Crippen LogP contribution is -2.38. The molecular formula is C19H22ClN3O5. The first kappa shape index (κ1) is 20.0. The van der Waals surface area contributed by atoms with Crippen molar-refractivity contribution < 1.29 is 23.6 Å². The minimum atomic E-state index is -0.286. The zero-order chi connectivity index (χ0) is 20.1. The van der Waals surface area contributed by atoms with Gasteiger partial charge in [-0.2, -0.15) is 0 Å². The molecule has 1 aromatic heterocycles.